The molecule has 176 valence electrons. The molecule has 0 saturated carbocycles. The van der Waals surface area contributed by atoms with Crippen molar-refractivity contribution in [2.24, 2.45) is 5.92 Å². The molecule has 8 nitrogen and oxygen atoms in total. The first-order chi connectivity index (χ1) is 15.1. The van der Waals surface area contributed by atoms with Crippen LogP contribution in [0.3, 0.4) is 0 Å². The highest BCUT2D eigenvalue weighted by Gasteiger charge is 2.28. The molecule has 0 atom stereocenters. The molecule has 1 aromatic carbocycles. The molecular formula is C24H38N6O2. The molecule has 0 saturated heterocycles. The first-order valence-corrected chi connectivity index (χ1v) is 11.3. The lowest BCUT2D eigenvalue weighted by molar-refractivity contribution is 0.0726. The second-order valence-electron chi connectivity index (χ2n) is 9.18. The van der Waals surface area contributed by atoms with Crippen molar-refractivity contribution in [2.75, 3.05) is 20.6 Å². The quantitative estimate of drug-likeness (QED) is 0.710. The number of nitrogens with one attached hydrogen (secondary N) is 2. The number of hydrazine groups is 1. The molecule has 1 aromatic heterocycles. The van der Waals surface area contributed by atoms with Crippen molar-refractivity contribution >= 4 is 11.9 Å². The minimum Gasteiger partial charge on any atom is -0.335 e. The molecule has 0 unspecified atom stereocenters. The zero-order chi connectivity index (χ0) is 23.8. The number of hydrogen-bond acceptors (Lipinski definition) is 4. The minimum absolute atomic E-state index is 0.0225. The standard InChI is InChI=1S/C20H28N6O2.C4H10/c1-14(2)21-20(28)23-25(4)19(27)17-16-13-24(3)11-8-12-26(16)18(22-17)15-9-6-5-7-10-15;1-4(2)3/h5-7,9-10,14H,8,11-13H2,1-4H3,(H2,21,23,28);4H,1-3H3. The van der Waals surface area contributed by atoms with E-state index in [1.165, 1.54) is 12.1 Å². The fourth-order valence-electron chi connectivity index (χ4n) is 3.36. The van der Waals surface area contributed by atoms with Gasteiger partial charge in [0.15, 0.2) is 5.69 Å². The number of carbonyl (C=O) groups excluding carboxylic acids is 2. The summed E-state index contributed by atoms with van der Waals surface area (Å²) in [5, 5.41) is 3.91. The Morgan fingerprint density at radius 2 is 1.69 bits per heavy atom. The Bertz CT molecular complexity index is 889. The van der Waals surface area contributed by atoms with Crippen LogP contribution in [0.5, 0.6) is 0 Å². The predicted molar refractivity (Wildman–Crippen MR) is 128 cm³/mol. The van der Waals surface area contributed by atoms with E-state index in [0.29, 0.717) is 12.2 Å². The molecule has 2 N–H and O–H groups in total. The van der Waals surface area contributed by atoms with Crippen LogP contribution >= 0.6 is 0 Å². The third-order valence-electron chi connectivity index (χ3n) is 4.64. The lowest BCUT2D eigenvalue weighted by Gasteiger charge is -2.20. The van der Waals surface area contributed by atoms with Gasteiger partial charge in [0, 0.05) is 31.7 Å². The van der Waals surface area contributed by atoms with E-state index in [9.17, 15) is 9.59 Å². The summed E-state index contributed by atoms with van der Waals surface area (Å²) in [5.41, 5.74) is 4.79. The van der Waals surface area contributed by atoms with Gasteiger partial charge in [-0.3, -0.25) is 9.80 Å². The third kappa shape index (κ3) is 7.09. The first kappa shape index (κ1) is 25.4. The largest absolute Gasteiger partial charge is 0.335 e. The van der Waals surface area contributed by atoms with E-state index in [1.54, 1.807) is 0 Å². The van der Waals surface area contributed by atoms with Crippen LogP contribution in [0.25, 0.3) is 11.4 Å². The highest BCUT2D eigenvalue weighted by Crippen LogP contribution is 2.26. The number of imidazole rings is 1. The molecule has 2 heterocycles. The fourth-order valence-corrected chi connectivity index (χ4v) is 3.36. The maximum absolute atomic E-state index is 13.1. The molecule has 0 bridgehead atoms. The average Bonchev–Trinajstić information content (AvgIpc) is 2.93. The molecule has 3 rings (SSSR count). The van der Waals surface area contributed by atoms with Crippen LogP contribution in [0.4, 0.5) is 4.79 Å². The van der Waals surface area contributed by atoms with Crippen molar-refractivity contribution in [1.29, 1.82) is 0 Å². The number of rotatable bonds is 3. The monoisotopic (exact) mass is 442 g/mol. The van der Waals surface area contributed by atoms with Crippen molar-refractivity contribution in [3.8, 4) is 11.4 Å². The van der Waals surface area contributed by atoms with Gasteiger partial charge in [-0.2, -0.15) is 0 Å². The van der Waals surface area contributed by atoms with E-state index < -0.39 is 6.03 Å². The van der Waals surface area contributed by atoms with Gasteiger partial charge in [-0.1, -0.05) is 51.1 Å². The third-order valence-corrected chi connectivity index (χ3v) is 4.64. The van der Waals surface area contributed by atoms with Gasteiger partial charge < -0.3 is 14.8 Å². The molecule has 1 aliphatic heterocycles. The summed E-state index contributed by atoms with van der Waals surface area (Å²) < 4.78 is 2.13. The summed E-state index contributed by atoms with van der Waals surface area (Å²) in [5.74, 6) is 1.29. The number of carbonyl (C=O) groups is 2. The molecular weight excluding hydrogens is 404 g/mol. The second-order valence-corrected chi connectivity index (χ2v) is 9.18. The van der Waals surface area contributed by atoms with Gasteiger partial charge in [0.05, 0.1) is 5.69 Å². The SMILES string of the molecule is CC(C)C.CC(C)NC(=O)NN(C)C(=O)c1nc(-c2ccccc2)n2c1CN(C)CCC2. The van der Waals surface area contributed by atoms with Gasteiger partial charge in [-0.05, 0) is 39.8 Å². The van der Waals surface area contributed by atoms with E-state index in [1.807, 2.05) is 51.2 Å². The van der Waals surface area contributed by atoms with Crippen molar-refractivity contribution < 1.29 is 9.59 Å². The summed E-state index contributed by atoms with van der Waals surface area (Å²) in [6.45, 7) is 12.6. The van der Waals surface area contributed by atoms with E-state index in [4.69, 9.17) is 4.98 Å². The summed E-state index contributed by atoms with van der Waals surface area (Å²) in [6, 6.07) is 9.44. The Morgan fingerprint density at radius 3 is 2.28 bits per heavy atom. The number of hydrogen-bond donors (Lipinski definition) is 2. The number of nitrogens with zero attached hydrogens (tertiary/aromatic N) is 4. The second kappa shape index (κ2) is 11.7. The molecule has 0 fully saturated rings. The van der Waals surface area contributed by atoms with E-state index in [-0.39, 0.29) is 11.9 Å². The van der Waals surface area contributed by atoms with Crippen LogP contribution in [0.1, 0.15) is 57.2 Å². The molecule has 2 aromatic rings. The van der Waals surface area contributed by atoms with Gasteiger partial charge in [-0.25, -0.2) is 15.2 Å². The lowest BCUT2D eigenvalue weighted by Crippen LogP contribution is -2.49. The van der Waals surface area contributed by atoms with Crippen LogP contribution in [-0.2, 0) is 13.1 Å². The maximum atomic E-state index is 13.1. The number of fused-ring (bicyclic) bond motifs is 1. The Hall–Kier alpha value is -2.87. The predicted octanol–water partition coefficient (Wildman–Crippen LogP) is 3.74. The zero-order valence-corrected chi connectivity index (χ0v) is 20.5. The number of amides is 3. The Morgan fingerprint density at radius 1 is 1.06 bits per heavy atom. The normalized spacial score (nSPS) is 13.7. The zero-order valence-electron chi connectivity index (χ0n) is 20.5. The van der Waals surface area contributed by atoms with E-state index in [2.05, 4.69) is 41.0 Å². The smallest absolute Gasteiger partial charge is 0.333 e. The van der Waals surface area contributed by atoms with Crippen molar-refractivity contribution in [1.82, 2.24) is 30.2 Å². The Labute approximate surface area is 192 Å². The van der Waals surface area contributed by atoms with Gasteiger partial charge in [0.1, 0.15) is 5.82 Å². The Kier molecular flexibility index (Phi) is 9.26. The molecule has 0 radical (unpaired) electrons. The van der Waals surface area contributed by atoms with Crippen LogP contribution in [-0.4, -0.2) is 58.1 Å². The van der Waals surface area contributed by atoms with E-state index in [0.717, 1.165) is 42.5 Å². The Balaban J connectivity index is 0.000000837. The molecule has 32 heavy (non-hydrogen) atoms. The number of aromatic nitrogens is 2. The van der Waals surface area contributed by atoms with Gasteiger partial charge in [0.25, 0.3) is 5.91 Å². The number of benzene rings is 1. The van der Waals surface area contributed by atoms with Crippen LogP contribution in [0.2, 0.25) is 0 Å². The summed E-state index contributed by atoms with van der Waals surface area (Å²) in [7, 11) is 3.58. The van der Waals surface area contributed by atoms with Gasteiger partial charge >= 0.3 is 6.03 Å². The molecule has 1 aliphatic rings. The summed E-state index contributed by atoms with van der Waals surface area (Å²) in [6.07, 6.45) is 0.984. The van der Waals surface area contributed by atoms with Gasteiger partial charge in [-0.15, -0.1) is 0 Å². The van der Waals surface area contributed by atoms with Crippen molar-refractivity contribution in [3.05, 3.63) is 41.7 Å². The average molecular weight is 443 g/mol. The first-order valence-electron chi connectivity index (χ1n) is 11.3. The molecule has 0 aliphatic carbocycles. The maximum Gasteiger partial charge on any atom is 0.333 e. The van der Waals surface area contributed by atoms with E-state index >= 15 is 0 Å². The molecule has 8 heteroatoms. The minimum atomic E-state index is -0.420. The molecule has 3 amide bonds. The number of urea groups is 1. The van der Waals surface area contributed by atoms with Crippen LogP contribution in [0.15, 0.2) is 30.3 Å². The van der Waals surface area contributed by atoms with Crippen LogP contribution < -0.4 is 10.7 Å². The van der Waals surface area contributed by atoms with Crippen LogP contribution in [0, 0.1) is 5.92 Å². The van der Waals surface area contributed by atoms with Gasteiger partial charge in [0.2, 0.25) is 0 Å². The van der Waals surface area contributed by atoms with Crippen molar-refractivity contribution in [3.63, 3.8) is 0 Å². The summed E-state index contributed by atoms with van der Waals surface area (Å²) in [4.78, 5) is 31.9. The highest BCUT2D eigenvalue weighted by atomic mass is 16.2. The van der Waals surface area contributed by atoms with Crippen molar-refractivity contribution in [2.45, 2.75) is 60.2 Å². The fraction of sp³-hybridized carbons (Fsp3) is 0.542. The molecule has 0 spiro atoms. The lowest BCUT2D eigenvalue weighted by atomic mass is 10.2. The highest BCUT2D eigenvalue weighted by molar-refractivity contribution is 5.95. The topological polar surface area (TPSA) is 82.5 Å². The summed E-state index contributed by atoms with van der Waals surface area (Å²) >= 11 is 0.